The van der Waals surface area contributed by atoms with Crippen LogP contribution >= 0.6 is 0 Å². The van der Waals surface area contributed by atoms with E-state index in [0.29, 0.717) is 0 Å². The van der Waals surface area contributed by atoms with Crippen molar-refractivity contribution in [1.29, 1.82) is 0 Å². The van der Waals surface area contributed by atoms with Crippen molar-refractivity contribution in [2.24, 2.45) is 5.92 Å². The first-order chi connectivity index (χ1) is 5.20. The van der Waals surface area contributed by atoms with E-state index in [1.807, 2.05) is 6.92 Å². The molecule has 0 rings (SSSR count). The van der Waals surface area contributed by atoms with Crippen LogP contribution in [0, 0.1) is 5.92 Å². The summed E-state index contributed by atoms with van der Waals surface area (Å²) < 4.78 is 11.0. The standard InChI is InChI=1S/C9H20OS/c1-4-6-9(3)7-8-11(10)5-2/h9H,4-8H2,1-3H3. The normalized spacial score (nSPS) is 16.3. The Hall–Kier alpha value is 0.150. The Morgan fingerprint density at radius 3 is 2.36 bits per heavy atom. The zero-order valence-electron chi connectivity index (χ0n) is 7.93. The van der Waals surface area contributed by atoms with Crippen LogP contribution in [0.2, 0.25) is 0 Å². The molecule has 0 saturated carbocycles. The van der Waals surface area contributed by atoms with Crippen LogP contribution in [0.25, 0.3) is 0 Å². The van der Waals surface area contributed by atoms with E-state index in [-0.39, 0.29) is 0 Å². The minimum Gasteiger partial charge on any atom is -0.260 e. The zero-order chi connectivity index (χ0) is 8.69. The Labute approximate surface area is 73.0 Å². The average molecular weight is 176 g/mol. The van der Waals surface area contributed by atoms with E-state index in [9.17, 15) is 4.21 Å². The van der Waals surface area contributed by atoms with Crippen molar-refractivity contribution in [2.45, 2.75) is 40.0 Å². The van der Waals surface area contributed by atoms with Crippen molar-refractivity contribution < 1.29 is 4.21 Å². The second kappa shape index (κ2) is 6.84. The molecule has 0 amide bonds. The van der Waals surface area contributed by atoms with Crippen molar-refractivity contribution >= 4 is 10.8 Å². The van der Waals surface area contributed by atoms with Gasteiger partial charge in [-0.2, -0.15) is 0 Å². The Morgan fingerprint density at radius 2 is 1.91 bits per heavy atom. The number of hydrogen-bond donors (Lipinski definition) is 0. The van der Waals surface area contributed by atoms with Gasteiger partial charge in [0.05, 0.1) is 0 Å². The molecule has 0 saturated heterocycles. The third kappa shape index (κ3) is 6.54. The molecule has 0 fully saturated rings. The summed E-state index contributed by atoms with van der Waals surface area (Å²) in [6, 6.07) is 0. The van der Waals surface area contributed by atoms with Crippen molar-refractivity contribution in [1.82, 2.24) is 0 Å². The minimum atomic E-state index is -0.551. The third-order valence-corrected chi connectivity index (χ3v) is 3.28. The van der Waals surface area contributed by atoms with Gasteiger partial charge in [0.25, 0.3) is 0 Å². The average Bonchev–Trinajstić information content (AvgIpc) is 2.01. The summed E-state index contributed by atoms with van der Waals surface area (Å²) in [4.78, 5) is 0. The molecule has 0 aromatic heterocycles. The van der Waals surface area contributed by atoms with Crippen molar-refractivity contribution in [3.05, 3.63) is 0 Å². The molecule has 0 aliphatic rings. The summed E-state index contributed by atoms with van der Waals surface area (Å²) in [7, 11) is -0.551. The predicted octanol–water partition coefficient (Wildman–Crippen LogP) is 2.58. The second-order valence-corrected chi connectivity index (χ2v) is 4.98. The first-order valence-corrected chi connectivity index (χ1v) is 6.04. The Morgan fingerprint density at radius 1 is 1.27 bits per heavy atom. The fourth-order valence-electron chi connectivity index (χ4n) is 1.11. The molecule has 2 atom stereocenters. The molecule has 0 radical (unpaired) electrons. The summed E-state index contributed by atoms with van der Waals surface area (Å²) in [6.07, 6.45) is 3.66. The third-order valence-electron chi connectivity index (χ3n) is 1.94. The molecule has 0 aromatic rings. The van der Waals surface area contributed by atoms with Crippen molar-refractivity contribution in [2.75, 3.05) is 11.5 Å². The largest absolute Gasteiger partial charge is 0.260 e. The van der Waals surface area contributed by atoms with E-state index in [1.165, 1.54) is 12.8 Å². The molecule has 1 nitrogen and oxygen atoms in total. The van der Waals surface area contributed by atoms with Gasteiger partial charge in [-0.3, -0.25) is 4.21 Å². The molecule has 0 aliphatic carbocycles. The van der Waals surface area contributed by atoms with Gasteiger partial charge in [0.15, 0.2) is 0 Å². The van der Waals surface area contributed by atoms with Crippen LogP contribution in [0.5, 0.6) is 0 Å². The maximum Gasteiger partial charge on any atom is 0.0237 e. The van der Waals surface area contributed by atoms with Gasteiger partial charge >= 0.3 is 0 Å². The summed E-state index contributed by atoms with van der Waals surface area (Å²) in [6.45, 7) is 6.43. The van der Waals surface area contributed by atoms with Gasteiger partial charge in [0.1, 0.15) is 0 Å². The molecular weight excluding hydrogens is 156 g/mol. The van der Waals surface area contributed by atoms with Gasteiger partial charge in [-0.15, -0.1) is 0 Å². The van der Waals surface area contributed by atoms with Crippen LogP contribution in [-0.4, -0.2) is 15.7 Å². The van der Waals surface area contributed by atoms with E-state index < -0.39 is 10.8 Å². The molecule has 0 aliphatic heterocycles. The minimum absolute atomic E-state index is 0.551. The zero-order valence-corrected chi connectivity index (χ0v) is 8.75. The van der Waals surface area contributed by atoms with E-state index in [4.69, 9.17) is 0 Å². The molecule has 2 unspecified atom stereocenters. The molecule has 0 spiro atoms. The monoisotopic (exact) mass is 176 g/mol. The van der Waals surface area contributed by atoms with Crippen LogP contribution in [0.1, 0.15) is 40.0 Å². The molecular formula is C9H20OS. The highest BCUT2D eigenvalue weighted by Gasteiger charge is 2.02. The predicted molar refractivity (Wildman–Crippen MR) is 52.2 cm³/mol. The van der Waals surface area contributed by atoms with E-state index in [1.54, 1.807) is 0 Å². The summed E-state index contributed by atoms with van der Waals surface area (Å²) in [5, 5.41) is 0. The van der Waals surface area contributed by atoms with Crippen LogP contribution in [0.3, 0.4) is 0 Å². The lowest BCUT2D eigenvalue weighted by Crippen LogP contribution is -2.04. The number of hydrogen-bond acceptors (Lipinski definition) is 1. The van der Waals surface area contributed by atoms with Gasteiger partial charge in [-0.25, -0.2) is 0 Å². The molecule has 0 heterocycles. The Bertz CT molecular complexity index is 112. The smallest absolute Gasteiger partial charge is 0.0237 e. The van der Waals surface area contributed by atoms with Crippen LogP contribution in [-0.2, 0) is 10.8 Å². The fourth-order valence-corrected chi connectivity index (χ4v) is 2.07. The van der Waals surface area contributed by atoms with Crippen LogP contribution in [0.4, 0.5) is 0 Å². The Balaban J connectivity index is 3.29. The van der Waals surface area contributed by atoms with Crippen molar-refractivity contribution in [3.63, 3.8) is 0 Å². The quantitative estimate of drug-likeness (QED) is 0.608. The lowest BCUT2D eigenvalue weighted by Gasteiger charge is -2.07. The topological polar surface area (TPSA) is 17.1 Å². The lowest BCUT2D eigenvalue weighted by molar-refractivity contribution is 0.510. The number of rotatable bonds is 6. The van der Waals surface area contributed by atoms with Gasteiger partial charge in [0, 0.05) is 22.3 Å². The maximum atomic E-state index is 11.0. The van der Waals surface area contributed by atoms with Crippen LogP contribution < -0.4 is 0 Å². The van der Waals surface area contributed by atoms with E-state index >= 15 is 0 Å². The van der Waals surface area contributed by atoms with Gasteiger partial charge in [-0.1, -0.05) is 33.6 Å². The molecule has 68 valence electrons. The molecule has 0 aromatic carbocycles. The van der Waals surface area contributed by atoms with Gasteiger partial charge in [-0.05, 0) is 12.3 Å². The highest BCUT2D eigenvalue weighted by atomic mass is 32.2. The molecule has 2 heteroatoms. The first kappa shape index (κ1) is 11.2. The maximum absolute atomic E-state index is 11.0. The molecule has 11 heavy (non-hydrogen) atoms. The highest BCUT2D eigenvalue weighted by Crippen LogP contribution is 2.09. The second-order valence-electron chi connectivity index (χ2n) is 3.12. The van der Waals surface area contributed by atoms with Crippen molar-refractivity contribution in [3.8, 4) is 0 Å². The highest BCUT2D eigenvalue weighted by molar-refractivity contribution is 7.84. The lowest BCUT2D eigenvalue weighted by atomic mass is 10.0. The van der Waals surface area contributed by atoms with Crippen LogP contribution in [0.15, 0.2) is 0 Å². The van der Waals surface area contributed by atoms with E-state index in [2.05, 4.69) is 13.8 Å². The SMILES string of the molecule is CCCC(C)CCS(=O)CC. The summed E-state index contributed by atoms with van der Waals surface area (Å²) in [5.41, 5.74) is 0. The summed E-state index contributed by atoms with van der Waals surface area (Å²) in [5.74, 6) is 2.48. The van der Waals surface area contributed by atoms with Gasteiger partial charge < -0.3 is 0 Å². The van der Waals surface area contributed by atoms with E-state index in [0.717, 1.165) is 23.8 Å². The first-order valence-electron chi connectivity index (χ1n) is 4.55. The van der Waals surface area contributed by atoms with Gasteiger partial charge in [0.2, 0.25) is 0 Å². The summed E-state index contributed by atoms with van der Waals surface area (Å²) >= 11 is 0. The molecule has 0 N–H and O–H groups in total. The molecule has 0 bridgehead atoms. The Kier molecular flexibility index (Phi) is 6.93. The fraction of sp³-hybridized carbons (Fsp3) is 1.00.